The van der Waals surface area contributed by atoms with Crippen LogP contribution in [-0.4, -0.2) is 6.61 Å². The average Bonchev–Trinajstić information content (AvgIpc) is 2.42. The van der Waals surface area contributed by atoms with Crippen molar-refractivity contribution in [2.45, 2.75) is 51.9 Å². The van der Waals surface area contributed by atoms with E-state index in [9.17, 15) is 0 Å². The van der Waals surface area contributed by atoms with Crippen LogP contribution in [-0.2, 0) is 0 Å². The van der Waals surface area contributed by atoms with Crippen molar-refractivity contribution in [3.8, 4) is 11.8 Å². The van der Waals surface area contributed by atoms with Gasteiger partial charge in [-0.25, -0.2) is 0 Å². The molecular weight excluding hydrogens is 222 g/mol. The molecule has 0 saturated carbocycles. The second-order valence-electron chi connectivity index (χ2n) is 4.70. The lowest BCUT2D eigenvalue weighted by Gasteiger charge is -2.10. The summed E-state index contributed by atoms with van der Waals surface area (Å²) in [6.07, 6.45) is 4.89. The molecule has 1 unspecified atom stereocenters. The van der Waals surface area contributed by atoms with Crippen LogP contribution in [0.5, 0.6) is 5.75 Å². The summed E-state index contributed by atoms with van der Waals surface area (Å²) in [6.45, 7) is 5.19. The van der Waals surface area contributed by atoms with Gasteiger partial charge >= 0.3 is 0 Å². The van der Waals surface area contributed by atoms with Crippen LogP contribution in [0.15, 0.2) is 24.3 Å². The summed E-state index contributed by atoms with van der Waals surface area (Å²) in [6, 6.07) is 10.6. The van der Waals surface area contributed by atoms with Gasteiger partial charge in [-0.3, -0.25) is 0 Å². The molecule has 0 aromatic heterocycles. The lowest BCUT2D eigenvalue weighted by Crippen LogP contribution is -1.98. The molecule has 1 aromatic carbocycles. The van der Waals surface area contributed by atoms with Crippen LogP contribution in [0.25, 0.3) is 0 Å². The van der Waals surface area contributed by atoms with Gasteiger partial charge in [0, 0.05) is 6.42 Å². The first-order valence-electron chi connectivity index (χ1n) is 6.87. The second kappa shape index (κ2) is 8.58. The zero-order chi connectivity index (χ0) is 13.2. The smallest absolute Gasteiger partial charge is 0.119 e. The summed E-state index contributed by atoms with van der Waals surface area (Å²) in [5.41, 5.74) is 1.37. The molecule has 0 radical (unpaired) electrons. The molecule has 0 aliphatic heterocycles. The Morgan fingerprint density at radius 2 is 1.89 bits per heavy atom. The Balaban J connectivity index is 2.25. The minimum atomic E-state index is 0.616. The molecule has 0 aliphatic carbocycles. The first kappa shape index (κ1) is 14.6. The third-order valence-corrected chi connectivity index (χ3v) is 3.26. The summed E-state index contributed by atoms with van der Waals surface area (Å²) in [4.78, 5) is 0. The Morgan fingerprint density at radius 1 is 1.17 bits per heavy atom. The molecule has 1 atom stereocenters. The number of nitriles is 1. The molecule has 18 heavy (non-hydrogen) atoms. The zero-order valence-electron chi connectivity index (χ0n) is 11.5. The van der Waals surface area contributed by atoms with E-state index in [1.54, 1.807) is 0 Å². The first-order chi connectivity index (χ1) is 8.77. The number of ether oxygens (including phenoxy) is 1. The SMILES string of the molecule is CCC(C)c1ccc(OCCCCCC#N)cc1. The van der Waals surface area contributed by atoms with Crippen molar-refractivity contribution >= 4 is 0 Å². The molecule has 0 heterocycles. The van der Waals surface area contributed by atoms with Crippen molar-refractivity contribution in [3.63, 3.8) is 0 Å². The van der Waals surface area contributed by atoms with Crippen LogP contribution in [0.4, 0.5) is 0 Å². The molecule has 1 aromatic rings. The lowest BCUT2D eigenvalue weighted by molar-refractivity contribution is 0.305. The number of hydrogen-bond donors (Lipinski definition) is 0. The highest BCUT2D eigenvalue weighted by Gasteiger charge is 2.02. The summed E-state index contributed by atoms with van der Waals surface area (Å²) >= 11 is 0. The van der Waals surface area contributed by atoms with E-state index in [0.717, 1.165) is 31.6 Å². The molecule has 2 nitrogen and oxygen atoms in total. The Morgan fingerprint density at radius 3 is 2.50 bits per heavy atom. The third-order valence-electron chi connectivity index (χ3n) is 3.26. The van der Waals surface area contributed by atoms with Crippen LogP contribution >= 0.6 is 0 Å². The van der Waals surface area contributed by atoms with Crippen molar-refractivity contribution in [1.82, 2.24) is 0 Å². The molecule has 2 heteroatoms. The van der Waals surface area contributed by atoms with E-state index in [2.05, 4.69) is 44.2 Å². The molecule has 0 N–H and O–H groups in total. The van der Waals surface area contributed by atoms with Crippen LogP contribution in [0.1, 0.15) is 57.4 Å². The fourth-order valence-electron chi connectivity index (χ4n) is 1.80. The molecule has 0 aliphatic rings. The maximum absolute atomic E-state index is 8.41. The van der Waals surface area contributed by atoms with E-state index in [0.29, 0.717) is 12.3 Å². The van der Waals surface area contributed by atoms with Crippen molar-refractivity contribution in [2.75, 3.05) is 6.61 Å². The molecule has 0 spiro atoms. The topological polar surface area (TPSA) is 33.0 Å². The number of hydrogen-bond acceptors (Lipinski definition) is 2. The number of unbranched alkanes of at least 4 members (excludes halogenated alkanes) is 3. The highest BCUT2D eigenvalue weighted by atomic mass is 16.5. The van der Waals surface area contributed by atoms with E-state index < -0.39 is 0 Å². The van der Waals surface area contributed by atoms with Crippen LogP contribution in [0, 0.1) is 11.3 Å². The molecule has 0 saturated heterocycles. The largest absolute Gasteiger partial charge is 0.494 e. The van der Waals surface area contributed by atoms with Crippen molar-refractivity contribution in [3.05, 3.63) is 29.8 Å². The number of nitrogens with zero attached hydrogens (tertiary/aromatic N) is 1. The van der Waals surface area contributed by atoms with Crippen LogP contribution in [0.2, 0.25) is 0 Å². The number of rotatable bonds is 8. The van der Waals surface area contributed by atoms with Gasteiger partial charge in [0.1, 0.15) is 5.75 Å². The number of benzene rings is 1. The highest BCUT2D eigenvalue weighted by molar-refractivity contribution is 5.29. The molecule has 0 amide bonds. The van der Waals surface area contributed by atoms with Gasteiger partial charge in [0.2, 0.25) is 0 Å². The van der Waals surface area contributed by atoms with Crippen molar-refractivity contribution in [1.29, 1.82) is 5.26 Å². The monoisotopic (exact) mass is 245 g/mol. The van der Waals surface area contributed by atoms with E-state index in [1.165, 1.54) is 12.0 Å². The molecule has 98 valence electrons. The van der Waals surface area contributed by atoms with E-state index in [4.69, 9.17) is 10.00 Å². The third kappa shape index (κ3) is 5.23. The van der Waals surface area contributed by atoms with Gasteiger partial charge in [-0.1, -0.05) is 26.0 Å². The Kier molecular flexibility index (Phi) is 6.94. The lowest BCUT2D eigenvalue weighted by atomic mass is 9.99. The van der Waals surface area contributed by atoms with Gasteiger partial charge in [0.25, 0.3) is 0 Å². The molecule has 0 fully saturated rings. The Bertz CT molecular complexity index is 364. The summed E-state index contributed by atoms with van der Waals surface area (Å²) in [5.74, 6) is 1.56. The van der Waals surface area contributed by atoms with Gasteiger partial charge in [-0.2, -0.15) is 5.26 Å². The quantitative estimate of drug-likeness (QED) is 0.624. The highest BCUT2D eigenvalue weighted by Crippen LogP contribution is 2.21. The van der Waals surface area contributed by atoms with Crippen molar-refractivity contribution in [2.24, 2.45) is 0 Å². The fraction of sp³-hybridized carbons (Fsp3) is 0.562. The van der Waals surface area contributed by atoms with Gasteiger partial charge in [-0.15, -0.1) is 0 Å². The minimum absolute atomic E-state index is 0.616. The standard InChI is InChI=1S/C16H23NO/c1-3-14(2)15-8-10-16(11-9-15)18-13-7-5-4-6-12-17/h8-11,14H,3-7,13H2,1-2H3. The van der Waals surface area contributed by atoms with Gasteiger partial charge in [0.05, 0.1) is 12.7 Å². The molecule has 0 bridgehead atoms. The van der Waals surface area contributed by atoms with Gasteiger partial charge < -0.3 is 4.74 Å². The minimum Gasteiger partial charge on any atom is -0.494 e. The van der Waals surface area contributed by atoms with E-state index in [1.807, 2.05) is 0 Å². The van der Waals surface area contributed by atoms with Crippen LogP contribution in [0.3, 0.4) is 0 Å². The normalized spacial score (nSPS) is 11.8. The fourth-order valence-corrected chi connectivity index (χ4v) is 1.80. The van der Waals surface area contributed by atoms with Gasteiger partial charge in [-0.05, 0) is 49.3 Å². The summed E-state index contributed by atoms with van der Waals surface area (Å²) in [5, 5.41) is 8.41. The summed E-state index contributed by atoms with van der Waals surface area (Å²) in [7, 11) is 0. The van der Waals surface area contributed by atoms with Crippen molar-refractivity contribution < 1.29 is 4.74 Å². The van der Waals surface area contributed by atoms with E-state index in [-0.39, 0.29) is 0 Å². The maximum Gasteiger partial charge on any atom is 0.119 e. The molecular formula is C16H23NO. The van der Waals surface area contributed by atoms with E-state index >= 15 is 0 Å². The first-order valence-corrected chi connectivity index (χ1v) is 6.87. The Hall–Kier alpha value is -1.49. The predicted molar refractivity (Wildman–Crippen MR) is 74.7 cm³/mol. The Labute approximate surface area is 111 Å². The summed E-state index contributed by atoms with van der Waals surface area (Å²) < 4.78 is 5.67. The second-order valence-corrected chi connectivity index (χ2v) is 4.70. The molecule has 1 rings (SSSR count). The predicted octanol–water partition coefficient (Wildman–Crippen LogP) is 4.66. The average molecular weight is 245 g/mol. The van der Waals surface area contributed by atoms with Crippen LogP contribution < -0.4 is 4.74 Å². The van der Waals surface area contributed by atoms with Gasteiger partial charge in [0.15, 0.2) is 0 Å². The zero-order valence-corrected chi connectivity index (χ0v) is 11.5. The maximum atomic E-state index is 8.41.